The summed E-state index contributed by atoms with van der Waals surface area (Å²) in [5, 5.41) is 0. The summed E-state index contributed by atoms with van der Waals surface area (Å²) in [5.74, 6) is 0.548. The van der Waals surface area contributed by atoms with Gasteiger partial charge in [-0.1, -0.05) is 18.2 Å². The van der Waals surface area contributed by atoms with Gasteiger partial charge < -0.3 is 14.2 Å². The molecule has 0 amide bonds. The molecule has 3 rings (SSSR count). The lowest BCUT2D eigenvalue weighted by Gasteiger charge is -2.11. The fraction of sp³-hybridized carbons (Fsp3) is 0.222. The smallest absolute Gasteiger partial charge is 0.339 e. The molecule has 5 heteroatoms. The van der Waals surface area contributed by atoms with Gasteiger partial charge in [0.2, 0.25) is 0 Å². The summed E-state index contributed by atoms with van der Waals surface area (Å²) >= 11 is 0. The van der Waals surface area contributed by atoms with Gasteiger partial charge in [0.15, 0.2) is 5.78 Å². The maximum Gasteiger partial charge on any atom is 0.339 e. The van der Waals surface area contributed by atoms with Crippen LogP contribution in [0.15, 0.2) is 42.5 Å². The molecule has 1 atom stereocenters. The molecule has 118 valence electrons. The van der Waals surface area contributed by atoms with E-state index in [2.05, 4.69) is 0 Å². The van der Waals surface area contributed by atoms with Crippen molar-refractivity contribution in [2.45, 2.75) is 12.5 Å². The van der Waals surface area contributed by atoms with Crippen LogP contribution in [0.3, 0.4) is 0 Å². The summed E-state index contributed by atoms with van der Waals surface area (Å²) < 4.78 is 15.7. The third-order valence-corrected chi connectivity index (χ3v) is 3.82. The maximum atomic E-state index is 12.6. The first-order valence-corrected chi connectivity index (χ1v) is 7.18. The quantitative estimate of drug-likeness (QED) is 0.627. The predicted molar refractivity (Wildman–Crippen MR) is 83.1 cm³/mol. The SMILES string of the molecule is COc1cc(OC)cc(C(=O)C[C@H]2OC(=O)c3ccccc32)c1. The predicted octanol–water partition coefficient (Wildman–Crippen LogP) is 3.19. The fourth-order valence-corrected chi connectivity index (χ4v) is 2.63. The van der Waals surface area contributed by atoms with Crippen molar-refractivity contribution >= 4 is 11.8 Å². The van der Waals surface area contributed by atoms with Crippen molar-refractivity contribution < 1.29 is 23.8 Å². The standard InChI is InChI=1S/C18H16O5/c1-21-12-7-11(8-13(9-12)22-2)16(19)10-17-14-5-3-4-6-15(14)18(20)23-17/h3-9,17H,10H2,1-2H3/t17-/m1/s1. The molecule has 0 saturated carbocycles. The molecular formula is C18H16O5. The first-order valence-electron chi connectivity index (χ1n) is 7.18. The number of cyclic esters (lactones) is 1. The molecule has 2 aromatic carbocycles. The molecule has 0 aromatic heterocycles. The average Bonchev–Trinajstić information content (AvgIpc) is 2.90. The summed E-state index contributed by atoms with van der Waals surface area (Å²) in [5.41, 5.74) is 1.73. The molecule has 0 fully saturated rings. The highest BCUT2D eigenvalue weighted by molar-refractivity contribution is 5.99. The van der Waals surface area contributed by atoms with Gasteiger partial charge in [-0.15, -0.1) is 0 Å². The summed E-state index contributed by atoms with van der Waals surface area (Å²) in [6.07, 6.45) is -0.470. The number of hydrogen-bond donors (Lipinski definition) is 0. The van der Waals surface area contributed by atoms with Crippen molar-refractivity contribution in [1.82, 2.24) is 0 Å². The van der Waals surface area contributed by atoms with Crippen LogP contribution in [-0.4, -0.2) is 26.0 Å². The molecule has 0 aliphatic carbocycles. The average molecular weight is 312 g/mol. The minimum atomic E-state index is -0.552. The van der Waals surface area contributed by atoms with Crippen LogP contribution in [0, 0.1) is 0 Å². The van der Waals surface area contributed by atoms with Gasteiger partial charge >= 0.3 is 5.97 Å². The number of rotatable bonds is 5. The van der Waals surface area contributed by atoms with Gasteiger partial charge in [0.05, 0.1) is 26.2 Å². The van der Waals surface area contributed by atoms with Crippen molar-refractivity contribution in [1.29, 1.82) is 0 Å². The van der Waals surface area contributed by atoms with Crippen LogP contribution >= 0.6 is 0 Å². The first kappa shape index (κ1) is 15.1. The lowest BCUT2D eigenvalue weighted by molar-refractivity contribution is 0.0367. The minimum Gasteiger partial charge on any atom is -0.497 e. The second kappa shape index (κ2) is 6.12. The van der Waals surface area contributed by atoms with E-state index in [1.165, 1.54) is 14.2 Å². The Balaban J connectivity index is 1.84. The molecule has 1 aliphatic heterocycles. The van der Waals surface area contributed by atoms with E-state index in [0.29, 0.717) is 22.6 Å². The molecule has 2 aromatic rings. The highest BCUT2D eigenvalue weighted by atomic mass is 16.5. The molecule has 1 aliphatic rings. The van der Waals surface area contributed by atoms with E-state index in [-0.39, 0.29) is 18.2 Å². The lowest BCUT2D eigenvalue weighted by Crippen LogP contribution is -2.08. The Bertz CT molecular complexity index is 744. The van der Waals surface area contributed by atoms with Gasteiger partial charge in [0.25, 0.3) is 0 Å². The Kier molecular flexibility index (Phi) is 4.02. The van der Waals surface area contributed by atoms with Gasteiger partial charge in [-0.05, 0) is 18.2 Å². The molecule has 1 heterocycles. The monoisotopic (exact) mass is 312 g/mol. The van der Waals surface area contributed by atoms with Gasteiger partial charge in [-0.3, -0.25) is 4.79 Å². The summed E-state index contributed by atoms with van der Waals surface area (Å²) in [6.45, 7) is 0. The summed E-state index contributed by atoms with van der Waals surface area (Å²) in [7, 11) is 3.05. The van der Waals surface area contributed by atoms with E-state index >= 15 is 0 Å². The molecule has 0 radical (unpaired) electrons. The number of ether oxygens (including phenoxy) is 3. The minimum absolute atomic E-state index is 0.0824. The van der Waals surface area contributed by atoms with Gasteiger partial charge in [-0.25, -0.2) is 4.79 Å². The van der Waals surface area contributed by atoms with Crippen LogP contribution < -0.4 is 9.47 Å². The highest BCUT2D eigenvalue weighted by Crippen LogP contribution is 2.34. The number of carbonyl (C=O) groups is 2. The second-order valence-electron chi connectivity index (χ2n) is 5.21. The Morgan fingerprint density at radius 3 is 2.39 bits per heavy atom. The van der Waals surface area contributed by atoms with Gasteiger partial charge in [0, 0.05) is 17.2 Å². The number of ketones is 1. The van der Waals surface area contributed by atoms with Crippen molar-refractivity contribution in [2.24, 2.45) is 0 Å². The van der Waals surface area contributed by atoms with Crippen molar-refractivity contribution in [3.05, 3.63) is 59.2 Å². The summed E-state index contributed by atoms with van der Waals surface area (Å²) in [6, 6.07) is 12.1. The molecule has 23 heavy (non-hydrogen) atoms. The normalized spacial score (nSPS) is 15.7. The molecule has 0 unspecified atom stereocenters. The van der Waals surface area contributed by atoms with E-state index in [1.807, 2.05) is 12.1 Å². The largest absolute Gasteiger partial charge is 0.497 e. The Hall–Kier alpha value is -2.82. The summed E-state index contributed by atoms with van der Waals surface area (Å²) in [4.78, 5) is 24.4. The topological polar surface area (TPSA) is 61.8 Å². The van der Waals surface area contributed by atoms with Crippen molar-refractivity contribution in [2.75, 3.05) is 14.2 Å². The lowest BCUT2D eigenvalue weighted by atomic mass is 9.98. The molecule has 0 spiro atoms. The van der Waals surface area contributed by atoms with Crippen molar-refractivity contribution in [3.8, 4) is 11.5 Å². The first-order chi connectivity index (χ1) is 11.1. The van der Waals surface area contributed by atoms with E-state index in [0.717, 1.165) is 5.56 Å². The van der Waals surface area contributed by atoms with Gasteiger partial charge in [-0.2, -0.15) is 0 Å². The van der Waals surface area contributed by atoms with Crippen LogP contribution in [0.1, 0.15) is 38.8 Å². The van der Waals surface area contributed by atoms with E-state index in [9.17, 15) is 9.59 Å². The van der Waals surface area contributed by atoms with Crippen LogP contribution in [0.4, 0.5) is 0 Å². The number of esters is 1. The zero-order valence-corrected chi connectivity index (χ0v) is 12.9. The molecule has 0 N–H and O–H groups in total. The van der Waals surface area contributed by atoms with E-state index in [4.69, 9.17) is 14.2 Å². The van der Waals surface area contributed by atoms with Gasteiger partial charge in [0.1, 0.15) is 17.6 Å². The second-order valence-corrected chi connectivity index (χ2v) is 5.21. The maximum absolute atomic E-state index is 12.6. The highest BCUT2D eigenvalue weighted by Gasteiger charge is 2.32. The number of Topliss-reactive ketones (excluding diaryl/α,β-unsaturated/α-hetero) is 1. The van der Waals surface area contributed by atoms with Crippen LogP contribution in [0.25, 0.3) is 0 Å². The van der Waals surface area contributed by atoms with Crippen molar-refractivity contribution in [3.63, 3.8) is 0 Å². The Labute approximate surface area is 133 Å². The van der Waals surface area contributed by atoms with Crippen LogP contribution in [-0.2, 0) is 4.74 Å². The third-order valence-electron chi connectivity index (χ3n) is 3.82. The fourth-order valence-electron chi connectivity index (χ4n) is 2.63. The number of methoxy groups -OCH3 is 2. The van der Waals surface area contributed by atoms with Crippen LogP contribution in [0.2, 0.25) is 0 Å². The Morgan fingerprint density at radius 2 is 1.74 bits per heavy atom. The molecular weight excluding hydrogens is 296 g/mol. The molecule has 0 saturated heterocycles. The number of benzene rings is 2. The number of hydrogen-bond acceptors (Lipinski definition) is 5. The van der Waals surface area contributed by atoms with Crippen LogP contribution in [0.5, 0.6) is 11.5 Å². The number of carbonyl (C=O) groups excluding carboxylic acids is 2. The third kappa shape index (κ3) is 2.90. The number of fused-ring (bicyclic) bond motifs is 1. The van der Waals surface area contributed by atoms with E-state index < -0.39 is 6.10 Å². The zero-order chi connectivity index (χ0) is 16.4. The Morgan fingerprint density at radius 1 is 1.09 bits per heavy atom. The van der Waals surface area contributed by atoms with E-state index in [1.54, 1.807) is 30.3 Å². The zero-order valence-electron chi connectivity index (χ0n) is 12.9. The molecule has 0 bridgehead atoms. The molecule has 5 nitrogen and oxygen atoms in total.